The number of benzene rings is 1. The first-order chi connectivity index (χ1) is 16.7. The maximum absolute atomic E-state index is 13.1. The number of thiazole rings is 1. The molecule has 0 bridgehead atoms. The molecule has 0 radical (unpaired) electrons. The molecule has 2 N–H and O–H groups in total. The molecule has 0 aliphatic heterocycles. The Hall–Kier alpha value is -3.47. The summed E-state index contributed by atoms with van der Waals surface area (Å²) in [6, 6.07) is 6.75. The van der Waals surface area contributed by atoms with E-state index in [2.05, 4.69) is 21.9 Å². The van der Waals surface area contributed by atoms with Crippen molar-refractivity contribution in [2.45, 2.75) is 59.5 Å². The maximum atomic E-state index is 13.1. The third kappa shape index (κ3) is 5.61. The third-order valence-corrected chi connectivity index (χ3v) is 7.35. The molecule has 35 heavy (non-hydrogen) atoms. The highest BCUT2D eigenvalue weighted by Crippen LogP contribution is 2.30. The standard InChI is InChI=1S/C24H29N5O5S/c1-4-28-22(32)27-21(29(24(28)33)13-16-7-5-14(2)6-8-16)26-17-9-11-18(12-10-17)34-23-25-15(3)19(35-23)20(30)31/h9-12,14,16H,4-8,13H2,1-3H3,(H,30,31)(H,26,27,32)/t14-,16-. The highest BCUT2D eigenvalue weighted by Gasteiger charge is 2.20. The molecular formula is C24H29N5O5S. The molecule has 186 valence electrons. The summed E-state index contributed by atoms with van der Waals surface area (Å²) in [5.41, 5.74) is 0.305. The first-order valence-electron chi connectivity index (χ1n) is 11.7. The average molecular weight is 500 g/mol. The van der Waals surface area contributed by atoms with E-state index in [4.69, 9.17) is 4.74 Å². The van der Waals surface area contributed by atoms with Gasteiger partial charge in [0.2, 0.25) is 5.62 Å². The zero-order valence-electron chi connectivity index (χ0n) is 20.0. The predicted octanol–water partition coefficient (Wildman–Crippen LogP) is 3.67. The van der Waals surface area contributed by atoms with Gasteiger partial charge >= 0.3 is 17.3 Å². The van der Waals surface area contributed by atoms with Crippen molar-refractivity contribution in [3.63, 3.8) is 0 Å². The maximum Gasteiger partial charge on any atom is 0.347 e. The second-order valence-corrected chi connectivity index (χ2v) is 9.89. The van der Waals surface area contributed by atoms with Crippen LogP contribution in [0.15, 0.2) is 38.8 Å². The molecule has 0 spiro atoms. The molecule has 0 atom stereocenters. The van der Waals surface area contributed by atoms with Gasteiger partial charge in [0.15, 0.2) is 0 Å². The number of carbonyl (C=O) groups is 1. The zero-order chi connectivity index (χ0) is 25.1. The summed E-state index contributed by atoms with van der Waals surface area (Å²) in [6.07, 6.45) is 4.36. The number of H-pyrrole nitrogens is 1. The van der Waals surface area contributed by atoms with Crippen LogP contribution in [0.5, 0.6) is 10.9 Å². The van der Waals surface area contributed by atoms with Crippen LogP contribution in [0.25, 0.3) is 0 Å². The lowest BCUT2D eigenvalue weighted by atomic mass is 9.83. The first kappa shape index (κ1) is 24.6. The fourth-order valence-corrected chi connectivity index (χ4v) is 5.06. The van der Waals surface area contributed by atoms with Crippen molar-refractivity contribution in [3.05, 3.63) is 61.4 Å². The van der Waals surface area contributed by atoms with Crippen molar-refractivity contribution in [2.24, 2.45) is 16.8 Å². The monoisotopic (exact) mass is 499 g/mol. The van der Waals surface area contributed by atoms with Gasteiger partial charge in [0.25, 0.3) is 5.19 Å². The summed E-state index contributed by atoms with van der Waals surface area (Å²) in [5, 5.41) is 9.42. The smallest absolute Gasteiger partial charge is 0.347 e. The lowest BCUT2D eigenvalue weighted by Gasteiger charge is -2.26. The van der Waals surface area contributed by atoms with Gasteiger partial charge in [-0.15, -0.1) is 0 Å². The molecule has 2 heterocycles. The molecule has 1 aromatic carbocycles. The SMILES string of the molecule is CCn1c(=O)[nH]/c(=N\c2ccc(Oc3nc(C)c(C(=O)O)s3)cc2)n(C[C@H]2CC[C@H](C)CC2)c1=O. The van der Waals surface area contributed by atoms with Crippen LogP contribution in [0, 0.1) is 18.8 Å². The summed E-state index contributed by atoms with van der Waals surface area (Å²) in [7, 11) is 0. The molecule has 1 saturated carbocycles. The minimum Gasteiger partial charge on any atom is -0.477 e. The highest BCUT2D eigenvalue weighted by molar-refractivity contribution is 7.15. The fraction of sp³-hybridized carbons (Fsp3) is 0.458. The summed E-state index contributed by atoms with van der Waals surface area (Å²) in [4.78, 5) is 48.4. The van der Waals surface area contributed by atoms with Crippen LogP contribution in [0.3, 0.4) is 0 Å². The van der Waals surface area contributed by atoms with Gasteiger partial charge in [0.05, 0.1) is 11.4 Å². The number of carboxylic acids is 1. The third-order valence-electron chi connectivity index (χ3n) is 6.32. The van der Waals surface area contributed by atoms with Crippen molar-refractivity contribution >= 4 is 23.0 Å². The number of hydrogen-bond acceptors (Lipinski definition) is 7. The molecule has 1 aliphatic rings. The van der Waals surface area contributed by atoms with Crippen molar-refractivity contribution in [1.29, 1.82) is 0 Å². The summed E-state index contributed by atoms with van der Waals surface area (Å²) in [5.74, 6) is 0.489. The number of ether oxygens (including phenoxy) is 1. The van der Waals surface area contributed by atoms with Crippen molar-refractivity contribution in [2.75, 3.05) is 0 Å². The van der Waals surface area contributed by atoms with E-state index in [1.165, 1.54) is 4.57 Å². The van der Waals surface area contributed by atoms with Crippen LogP contribution in [-0.4, -0.2) is 30.2 Å². The van der Waals surface area contributed by atoms with Crippen LogP contribution in [-0.2, 0) is 13.1 Å². The molecule has 4 rings (SSSR count). The second kappa shape index (κ2) is 10.4. The van der Waals surface area contributed by atoms with E-state index in [0.717, 1.165) is 37.0 Å². The van der Waals surface area contributed by atoms with E-state index in [0.29, 0.717) is 35.5 Å². The first-order valence-corrected chi connectivity index (χ1v) is 12.5. The lowest BCUT2D eigenvalue weighted by molar-refractivity contribution is 0.0701. The van der Waals surface area contributed by atoms with Crippen LogP contribution in [0.2, 0.25) is 0 Å². The van der Waals surface area contributed by atoms with E-state index in [-0.39, 0.29) is 27.9 Å². The van der Waals surface area contributed by atoms with Gasteiger partial charge in [-0.3, -0.25) is 9.55 Å². The van der Waals surface area contributed by atoms with E-state index in [1.54, 1.807) is 42.7 Å². The quantitative estimate of drug-likeness (QED) is 0.510. The number of nitrogens with one attached hydrogen (secondary N) is 1. The number of carboxylic acid groups (broad SMARTS) is 1. The normalized spacial score (nSPS) is 18.5. The Balaban J connectivity index is 1.63. The number of aromatic amines is 1. The van der Waals surface area contributed by atoms with Gasteiger partial charge in [-0.1, -0.05) is 31.1 Å². The Bertz CT molecular complexity index is 1390. The highest BCUT2D eigenvalue weighted by atomic mass is 32.1. The number of nitrogens with zero attached hydrogens (tertiary/aromatic N) is 4. The molecular weight excluding hydrogens is 470 g/mol. The van der Waals surface area contributed by atoms with Crippen LogP contribution < -0.4 is 21.7 Å². The number of rotatable bonds is 7. The lowest BCUT2D eigenvalue weighted by Crippen LogP contribution is -2.50. The number of aromatic nitrogens is 4. The molecule has 0 saturated heterocycles. The Morgan fingerprint density at radius 2 is 1.89 bits per heavy atom. The minimum absolute atomic E-state index is 0.134. The van der Waals surface area contributed by atoms with Gasteiger partial charge in [0, 0.05) is 13.1 Å². The molecule has 0 amide bonds. The van der Waals surface area contributed by atoms with E-state index >= 15 is 0 Å². The molecule has 3 aromatic rings. The molecule has 10 nitrogen and oxygen atoms in total. The summed E-state index contributed by atoms with van der Waals surface area (Å²) < 4.78 is 8.44. The van der Waals surface area contributed by atoms with Gasteiger partial charge in [0.1, 0.15) is 10.6 Å². The van der Waals surface area contributed by atoms with Gasteiger partial charge in [-0.05, 0) is 62.8 Å². The van der Waals surface area contributed by atoms with Crippen LogP contribution in [0.4, 0.5) is 5.69 Å². The molecule has 11 heteroatoms. The summed E-state index contributed by atoms with van der Waals surface area (Å²) >= 11 is 0.958. The topological polar surface area (TPSA) is 132 Å². The Morgan fingerprint density at radius 3 is 2.49 bits per heavy atom. The molecule has 0 unspecified atom stereocenters. The summed E-state index contributed by atoms with van der Waals surface area (Å²) in [6.45, 7) is 6.43. The van der Waals surface area contributed by atoms with Gasteiger partial charge < -0.3 is 9.84 Å². The zero-order valence-corrected chi connectivity index (χ0v) is 20.8. The van der Waals surface area contributed by atoms with Crippen molar-refractivity contribution in [3.8, 4) is 10.9 Å². The van der Waals surface area contributed by atoms with Crippen molar-refractivity contribution in [1.82, 2.24) is 19.1 Å². The largest absolute Gasteiger partial charge is 0.477 e. The fourth-order valence-electron chi connectivity index (χ4n) is 4.28. The van der Waals surface area contributed by atoms with E-state index in [1.807, 2.05) is 0 Å². The number of aryl methyl sites for hydroxylation is 1. The second-order valence-electron chi connectivity index (χ2n) is 8.92. The van der Waals surface area contributed by atoms with Crippen molar-refractivity contribution < 1.29 is 14.6 Å². The van der Waals surface area contributed by atoms with E-state index < -0.39 is 11.7 Å². The Kier molecular flexibility index (Phi) is 7.34. The minimum atomic E-state index is -1.04. The Morgan fingerprint density at radius 1 is 1.20 bits per heavy atom. The Labute approximate surface area is 205 Å². The van der Waals surface area contributed by atoms with Gasteiger partial charge in [-0.25, -0.2) is 28.9 Å². The molecule has 1 aliphatic carbocycles. The molecule has 1 fully saturated rings. The predicted molar refractivity (Wildman–Crippen MR) is 132 cm³/mol. The van der Waals surface area contributed by atoms with Gasteiger partial charge in [-0.2, -0.15) is 0 Å². The average Bonchev–Trinajstić information content (AvgIpc) is 3.19. The van der Waals surface area contributed by atoms with Crippen LogP contribution in [0.1, 0.15) is 54.9 Å². The van der Waals surface area contributed by atoms with Crippen LogP contribution >= 0.6 is 11.3 Å². The molecule has 2 aromatic heterocycles. The van der Waals surface area contributed by atoms with E-state index in [9.17, 15) is 19.5 Å². The number of hydrogen-bond donors (Lipinski definition) is 2. The number of aromatic carboxylic acids is 1.